The van der Waals surface area contributed by atoms with E-state index < -0.39 is 15.4 Å². The lowest BCUT2D eigenvalue weighted by atomic mass is 9.86. The Hall–Kier alpha value is -1.97. The summed E-state index contributed by atoms with van der Waals surface area (Å²) in [6.45, 7) is 7.58. The number of sulfonamides is 1. The normalized spacial score (nSPS) is 22.6. The van der Waals surface area contributed by atoms with E-state index in [0.29, 0.717) is 37.4 Å². The van der Waals surface area contributed by atoms with Crippen molar-refractivity contribution in [3.63, 3.8) is 0 Å². The second-order valence-corrected chi connectivity index (χ2v) is 10.9. The Labute approximate surface area is 178 Å². The van der Waals surface area contributed by atoms with Crippen LogP contribution in [0.1, 0.15) is 32.3 Å². The maximum Gasteiger partial charge on any atom is 0.243 e. The van der Waals surface area contributed by atoms with Crippen LogP contribution in [0.25, 0.3) is 0 Å². The second kappa shape index (κ2) is 7.62. The first kappa shape index (κ1) is 21.3. The smallest absolute Gasteiger partial charge is 0.243 e. The van der Waals surface area contributed by atoms with Crippen LogP contribution < -0.4 is 4.90 Å². The summed E-state index contributed by atoms with van der Waals surface area (Å²) in [5.41, 5.74) is 0.417. The zero-order valence-electron chi connectivity index (χ0n) is 17.9. The monoisotopic (exact) mass is 434 g/mol. The molecule has 0 saturated carbocycles. The van der Waals surface area contributed by atoms with E-state index in [4.69, 9.17) is 0 Å². The van der Waals surface area contributed by atoms with Crippen molar-refractivity contribution in [1.82, 2.24) is 14.1 Å². The number of hydrogen-bond donors (Lipinski definition) is 0. The molecule has 0 aliphatic carbocycles. The molecule has 0 N–H and O–H groups in total. The van der Waals surface area contributed by atoms with Crippen LogP contribution in [0.15, 0.2) is 23.1 Å². The summed E-state index contributed by atoms with van der Waals surface area (Å²) >= 11 is 0. The van der Waals surface area contributed by atoms with Gasteiger partial charge < -0.3 is 14.7 Å². The second-order valence-electron chi connectivity index (χ2n) is 8.99. The number of likely N-dealkylation sites (N-methyl/N-ethyl adjacent to an activating group) is 1. The first-order valence-corrected chi connectivity index (χ1v) is 12.0. The molecule has 3 heterocycles. The molecule has 30 heavy (non-hydrogen) atoms. The fourth-order valence-electron chi connectivity index (χ4n) is 4.50. The lowest BCUT2D eigenvalue weighted by Gasteiger charge is -2.33. The minimum atomic E-state index is -3.57. The van der Waals surface area contributed by atoms with Crippen molar-refractivity contribution in [3.05, 3.63) is 23.8 Å². The number of amides is 2. The molecule has 164 valence electrons. The molecule has 2 amide bonds. The van der Waals surface area contributed by atoms with Gasteiger partial charge >= 0.3 is 0 Å². The van der Waals surface area contributed by atoms with Crippen LogP contribution in [0.4, 0.5) is 5.69 Å². The molecule has 3 aliphatic rings. The van der Waals surface area contributed by atoms with Gasteiger partial charge in [-0.1, -0.05) is 0 Å². The molecule has 0 unspecified atom stereocenters. The van der Waals surface area contributed by atoms with Crippen LogP contribution in [0, 0.1) is 0 Å². The standard InChI is InChI=1S/C21H30N4O4S/c1-21(2)17-14-16(30(28,29)24-8-4-5-9-24)6-7-18(17)25(20(21)27)15-19(26)23-12-10-22(3)11-13-23/h6-7,14H,4-5,8-13,15H2,1-3H3. The van der Waals surface area contributed by atoms with E-state index in [1.54, 1.807) is 36.9 Å². The van der Waals surface area contributed by atoms with Crippen molar-refractivity contribution in [2.75, 3.05) is 57.8 Å². The van der Waals surface area contributed by atoms with Gasteiger partial charge in [0.2, 0.25) is 21.8 Å². The summed E-state index contributed by atoms with van der Waals surface area (Å²) in [6, 6.07) is 4.87. The Bertz CT molecular complexity index is 961. The van der Waals surface area contributed by atoms with Crippen molar-refractivity contribution in [1.29, 1.82) is 0 Å². The Morgan fingerprint density at radius 1 is 1.03 bits per heavy atom. The zero-order valence-corrected chi connectivity index (χ0v) is 18.7. The third-order valence-electron chi connectivity index (χ3n) is 6.56. The van der Waals surface area contributed by atoms with Crippen LogP contribution in [-0.4, -0.2) is 87.2 Å². The summed E-state index contributed by atoms with van der Waals surface area (Å²) in [6.07, 6.45) is 1.74. The summed E-state index contributed by atoms with van der Waals surface area (Å²) in [7, 11) is -1.54. The third-order valence-corrected chi connectivity index (χ3v) is 8.46. The van der Waals surface area contributed by atoms with Gasteiger partial charge in [0.15, 0.2) is 0 Å². The number of benzene rings is 1. The van der Waals surface area contributed by atoms with Gasteiger partial charge in [-0.05, 0) is 57.5 Å². The van der Waals surface area contributed by atoms with E-state index in [1.165, 1.54) is 9.21 Å². The largest absolute Gasteiger partial charge is 0.339 e. The van der Waals surface area contributed by atoms with E-state index in [-0.39, 0.29) is 23.3 Å². The van der Waals surface area contributed by atoms with Crippen LogP contribution in [0.3, 0.4) is 0 Å². The van der Waals surface area contributed by atoms with Crippen molar-refractivity contribution in [2.45, 2.75) is 37.0 Å². The van der Waals surface area contributed by atoms with Crippen LogP contribution >= 0.6 is 0 Å². The summed E-state index contributed by atoms with van der Waals surface area (Å²) in [5, 5.41) is 0. The van der Waals surface area contributed by atoms with Crippen LogP contribution in [-0.2, 0) is 25.0 Å². The van der Waals surface area contributed by atoms with Gasteiger partial charge in [0.25, 0.3) is 0 Å². The lowest BCUT2D eigenvalue weighted by molar-refractivity contribution is -0.133. The predicted octanol–water partition coefficient (Wildman–Crippen LogP) is 0.869. The Kier molecular flexibility index (Phi) is 5.40. The van der Waals surface area contributed by atoms with E-state index >= 15 is 0 Å². The molecular formula is C21H30N4O4S. The predicted molar refractivity (Wildman–Crippen MR) is 114 cm³/mol. The highest BCUT2D eigenvalue weighted by molar-refractivity contribution is 7.89. The fourth-order valence-corrected chi connectivity index (χ4v) is 6.04. The van der Waals surface area contributed by atoms with Gasteiger partial charge in [0.05, 0.1) is 10.3 Å². The number of nitrogens with zero attached hydrogens (tertiary/aromatic N) is 4. The zero-order chi connectivity index (χ0) is 21.7. The van der Waals surface area contributed by atoms with Crippen molar-refractivity contribution in [2.24, 2.45) is 0 Å². The summed E-state index contributed by atoms with van der Waals surface area (Å²) in [5.74, 6) is -0.246. The molecule has 0 aromatic heterocycles. The van der Waals surface area contributed by atoms with Gasteiger partial charge in [0, 0.05) is 45.0 Å². The molecule has 2 saturated heterocycles. The van der Waals surface area contributed by atoms with Crippen molar-refractivity contribution < 1.29 is 18.0 Å². The Morgan fingerprint density at radius 2 is 1.67 bits per heavy atom. The minimum absolute atomic E-state index is 0.0167. The number of hydrogen-bond acceptors (Lipinski definition) is 5. The summed E-state index contributed by atoms with van der Waals surface area (Å²) < 4.78 is 27.5. The quantitative estimate of drug-likeness (QED) is 0.703. The first-order chi connectivity index (χ1) is 14.1. The van der Waals surface area contributed by atoms with Gasteiger partial charge in [0.1, 0.15) is 6.54 Å². The molecule has 9 heteroatoms. The van der Waals surface area contributed by atoms with E-state index in [2.05, 4.69) is 4.90 Å². The number of piperazine rings is 1. The number of fused-ring (bicyclic) bond motifs is 1. The van der Waals surface area contributed by atoms with E-state index in [1.807, 2.05) is 7.05 Å². The molecule has 0 spiro atoms. The Balaban J connectivity index is 1.61. The SMILES string of the molecule is CN1CCN(C(=O)CN2C(=O)C(C)(C)c3cc(S(=O)(=O)N4CCCC4)ccc32)CC1. The molecule has 0 atom stereocenters. The highest BCUT2D eigenvalue weighted by Crippen LogP contribution is 2.43. The van der Waals surface area contributed by atoms with Gasteiger partial charge in [-0.25, -0.2) is 8.42 Å². The third kappa shape index (κ3) is 3.52. The van der Waals surface area contributed by atoms with E-state index in [9.17, 15) is 18.0 Å². The van der Waals surface area contributed by atoms with E-state index in [0.717, 1.165) is 25.9 Å². The molecule has 1 aromatic carbocycles. The minimum Gasteiger partial charge on any atom is -0.339 e. The average molecular weight is 435 g/mol. The fraction of sp³-hybridized carbons (Fsp3) is 0.619. The summed E-state index contributed by atoms with van der Waals surface area (Å²) in [4.78, 5) is 31.7. The molecule has 2 fully saturated rings. The maximum absolute atomic E-state index is 13.2. The number of anilines is 1. The maximum atomic E-state index is 13.2. The topological polar surface area (TPSA) is 81.2 Å². The number of rotatable bonds is 4. The van der Waals surface area contributed by atoms with Crippen LogP contribution in [0.5, 0.6) is 0 Å². The first-order valence-electron chi connectivity index (χ1n) is 10.6. The highest BCUT2D eigenvalue weighted by atomic mass is 32.2. The Morgan fingerprint density at radius 3 is 2.30 bits per heavy atom. The molecule has 4 rings (SSSR count). The van der Waals surface area contributed by atoms with Crippen LogP contribution in [0.2, 0.25) is 0 Å². The number of carbonyl (C=O) groups is 2. The molecule has 8 nitrogen and oxygen atoms in total. The molecule has 0 radical (unpaired) electrons. The molecular weight excluding hydrogens is 404 g/mol. The van der Waals surface area contributed by atoms with Gasteiger partial charge in [-0.3, -0.25) is 9.59 Å². The highest BCUT2D eigenvalue weighted by Gasteiger charge is 2.45. The number of carbonyl (C=O) groups excluding carboxylic acids is 2. The molecule has 3 aliphatic heterocycles. The molecule has 0 bridgehead atoms. The average Bonchev–Trinajstić information content (AvgIpc) is 3.32. The molecule has 1 aromatic rings. The van der Waals surface area contributed by atoms with Crippen molar-refractivity contribution in [3.8, 4) is 0 Å². The van der Waals surface area contributed by atoms with Gasteiger partial charge in [-0.2, -0.15) is 4.31 Å². The lowest BCUT2D eigenvalue weighted by Crippen LogP contribution is -2.51. The van der Waals surface area contributed by atoms with Crippen molar-refractivity contribution >= 4 is 27.5 Å². The van der Waals surface area contributed by atoms with Gasteiger partial charge in [-0.15, -0.1) is 0 Å².